The number of aliphatic hydroxyl groups excluding tert-OH is 3. The Balaban J connectivity index is 3.81. The van der Waals surface area contributed by atoms with Crippen LogP contribution < -0.4 is 0 Å². The molecule has 0 aliphatic rings. The first-order valence-corrected chi connectivity index (χ1v) is 5.38. The van der Waals surface area contributed by atoms with Crippen LogP contribution in [0.3, 0.4) is 0 Å². The zero-order chi connectivity index (χ0) is 11.9. The number of hydrogen-bond donors (Lipinski definition) is 4. The largest absolute Gasteiger partial charge is 0.397 e. The van der Waals surface area contributed by atoms with Crippen LogP contribution >= 0.6 is 0 Å². The fourth-order valence-corrected chi connectivity index (χ4v) is 1.13. The van der Waals surface area contributed by atoms with Gasteiger partial charge >= 0.3 is 10.4 Å². The van der Waals surface area contributed by atoms with E-state index in [0.717, 1.165) is 0 Å². The summed E-state index contributed by atoms with van der Waals surface area (Å²) in [4.78, 5) is 0. The van der Waals surface area contributed by atoms with Gasteiger partial charge in [0.25, 0.3) is 0 Å². The minimum atomic E-state index is -4.64. The average Bonchev–Trinajstić information content (AvgIpc) is 2.14. The van der Waals surface area contributed by atoms with Crippen LogP contribution in [0, 0.1) is 0 Å². The van der Waals surface area contributed by atoms with Crippen molar-refractivity contribution in [2.75, 3.05) is 26.4 Å². The molecule has 15 heavy (non-hydrogen) atoms. The molecule has 0 heterocycles. The summed E-state index contributed by atoms with van der Waals surface area (Å²) >= 11 is 0. The highest BCUT2D eigenvalue weighted by atomic mass is 32.3. The van der Waals surface area contributed by atoms with E-state index in [0.29, 0.717) is 0 Å². The highest BCUT2D eigenvalue weighted by Crippen LogP contribution is 1.98. The Kier molecular flexibility index (Phi) is 6.92. The van der Waals surface area contributed by atoms with Crippen LogP contribution in [0.2, 0.25) is 0 Å². The van der Waals surface area contributed by atoms with Crippen molar-refractivity contribution in [3.8, 4) is 0 Å². The molecule has 0 aliphatic heterocycles. The second kappa shape index (κ2) is 7.06. The lowest BCUT2D eigenvalue weighted by molar-refractivity contribution is -0.0301. The van der Waals surface area contributed by atoms with Gasteiger partial charge in [-0.3, -0.25) is 4.55 Å². The maximum atomic E-state index is 10.2. The standard InChI is InChI=1S/C6H14O8S/c7-1-5(9)3-13-4-6(2-8)14-15(10,11)12/h5-9H,1-4H2,(H,10,11,12)/t5-,6-/m0/s1. The van der Waals surface area contributed by atoms with Crippen molar-refractivity contribution in [3.05, 3.63) is 0 Å². The van der Waals surface area contributed by atoms with E-state index < -0.39 is 35.8 Å². The first-order valence-electron chi connectivity index (χ1n) is 4.02. The Morgan fingerprint density at radius 3 is 2.13 bits per heavy atom. The second-order valence-corrected chi connectivity index (χ2v) is 3.75. The van der Waals surface area contributed by atoms with E-state index in [4.69, 9.17) is 24.6 Å². The summed E-state index contributed by atoms with van der Waals surface area (Å²) < 4.78 is 37.5. The van der Waals surface area contributed by atoms with Crippen LogP contribution in [0.15, 0.2) is 0 Å². The molecule has 0 aromatic rings. The smallest absolute Gasteiger partial charge is 0.394 e. The van der Waals surface area contributed by atoms with E-state index >= 15 is 0 Å². The Morgan fingerprint density at radius 2 is 1.73 bits per heavy atom. The molecular formula is C6H14O8S. The third kappa shape index (κ3) is 8.69. The molecule has 92 valence electrons. The molecule has 4 N–H and O–H groups in total. The lowest BCUT2D eigenvalue weighted by Crippen LogP contribution is -2.29. The highest BCUT2D eigenvalue weighted by Gasteiger charge is 2.17. The van der Waals surface area contributed by atoms with Gasteiger partial charge in [0.2, 0.25) is 0 Å². The van der Waals surface area contributed by atoms with Crippen molar-refractivity contribution in [2.45, 2.75) is 12.2 Å². The minimum Gasteiger partial charge on any atom is -0.394 e. The summed E-state index contributed by atoms with van der Waals surface area (Å²) in [5.41, 5.74) is 0. The van der Waals surface area contributed by atoms with Crippen molar-refractivity contribution >= 4 is 10.4 Å². The van der Waals surface area contributed by atoms with Gasteiger partial charge < -0.3 is 20.1 Å². The maximum Gasteiger partial charge on any atom is 0.397 e. The molecule has 0 unspecified atom stereocenters. The maximum absolute atomic E-state index is 10.2. The van der Waals surface area contributed by atoms with E-state index in [-0.39, 0.29) is 13.2 Å². The van der Waals surface area contributed by atoms with Gasteiger partial charge in [-0.25, -0.2) is 4.18 Å². The summed E-state index contributed by atoms with van der Waals surface area (Å²) in [6, 6.07) is 0. The molecule has 9 heteroatoms. The van der Waals surface area contributed by atoms with Crippen molar-refractivity contribution in [1.29, 1.82) is 0 Å². The van der Waals surface area contributed by atoms with Crippen LogP contribution in [0.1, 0.15) is 0 Å². The summed E-state index contributed by atoms with van der Waals surface area (Å²) in [7, 11) is -4.64. The molecule has 0 saturated carbocycles. The summed E-state index contributed by atoms with van der Waals surface area (Å²) in [6.45, 7) is -1.74. The van der Waals surface area contributed by atoms with Crippen molar-refractivity contribution in [1.82, 2.24) is 0 Å². The number of hydrogen-bond acceptors (Lipinski definition) is 7. The van der Waals surface area contributed by atoms with Gasteiger partial charge in [-0.1, -0.05) is 0 Å². The molecule has 0 radical (unpaired) electrons. The van der Waals surface area contributed by atoms with Crippen LogP contribution in [-0.2, 0) is 19.3 Å². The Morgan fingerprint density at radius 1 is 1.13 bits per heavy atom. The third-order valence-electron chi connectivity index (χ3n) is 1.29. The Bertz CT molecular complexity index is 250. The van der Waals surface area contributed by atoms with Gasteiger partial charge in [0.1, 0.15) is 12.2 Å². The minimum absolute atomic E-state index is 0.234. The molecule has 2 atom stereocenters. The average molecular weight is 246 g/mol. The van der Waals surface area contributed by atoms with Gasteiger partial charge in [-0.05, 0) is 0 Å². The fraction of sp³-hybridized carbons (Fsp3) is 1.00. The summed E-state index contributed by atoms with van der Waals surface area (Å²) in [6.07, 6.45) is -2.33. The van der Waals surface area contributed by atoms with E-state index in [9.17, 15) is 8.42 Å². The number of ether oxygens (including phenoxy) is 1. The lowest BCUT2D eigenvalue weighted by Gasteiger charge is -2.14. The van der Waals surface area contributed by atoms with E-state index in [2.05, 4.69) is 4.18 Å². The van der Waals surface area contributed by atoms with Gasteiger partial charge in [0.15, 0.2) is 0 Å². The molecule has 0 spiro atoms. The lowest BCUT2D eigenvalue weighted by atomic mass is 10.4. The fourth-order valence-electron chi connectivity index (χ4n) is 0.671. The molecule has 0 amide bonds. The predicted molar refractivity (Wildman–Crippen MR) is 47.4 cm³/mol. The molecule has 0 rings (SSSR count). The predicted octanol–water partition coefficient (Wildman–Crippen LogP) is -2.46. The monoisotopic (exact) mass is 246 g/mol. The number of aliphatic hydroxyl groups is 3. The molecule has 0 aromatic heterocycles. The van der Waals surface area contributed by atoms with Crippen LogP contribution in [0.25, 0.3) is 0 Å². The topological polar surface area (TPSA) is 134 Å². The molecule has 0 fully saturated rings. The quantitative estimate of drug-likeness (QED) is 0.346. The van der Waals surface area contributed by atoms with E-state index in [1.54, 1.807) is 0 Å². The van der Waals surface area contributed by atoms with Gasteiger partial charge in [-0.15, -0.1) is 0 Å². The SMILES string of the molecule is O=S(=O)(O)O[C@@H](CO)COC[C@@H](O)CO. The van der Waals surface area contributed by atoms with Crippen molar-refractivity contribution in [3.63, 3.8) is 0 Å². The molecular weight excluding hydrogens is 232 g/mol. The van der Waals surface area contributed by atoms with Crippen LogP contribution in [0.4, 0.5) is 0 Å². The van der Waals surface area contributed by atoms with E-state index in [1.165, 1.54) is 0 Å². The third-order valence-corrected chi connectivity index (χ3v) is 1.80. The Labute approximate surface area is 87.0 Å². The van der Waals surface area contributed by atoms with Gasteiger partial charge in [-0.2, -0.15) is 8.42 Å². The molecule has 8 nitrogen and oxygen atoms in total. The zero-order valence-corrected chi connectivity index (χ0v) is 8.63. The first kappa shape index (κ1) is 14.7. The molecule has 0 saturated heterocycles. The van der Waals surface area contributed by atoms with E-state index in [1.807, 2.05) is 0 Å². The zero-order valence-electron chi connectivity index (χ0n) is 7.81. The Hall–Kier alpha value is -0.290. The molecule has 0 bridgehead atoms. The molecule has 0 aromatic carbocycles. The highest BCUT2D eigenvalue weighted by molar-refractivity contribution is 7.80. The van der Waals surface area contributed by atoms with Crippen molar-refractivity contribution in [2.24, 2.45) is 0 Å². The summed E-state index contributed by atoms with van der Waals surface area (Å²) in [5.74, 6) is 0. The van der Waals surface area contributed by atoms with Gasteiger partial charge in [0.05, 0.1) is 26.4 Å². The second-order valence-electron chi connectivity index (χ2n) is 2.70. The number of rotatable bonds is 8. The normalized spacial score (nSPS) is 16.3. The van der Waals surface area contributed by atoms with Gasteiger partial charge in [0, 0.05) is 0 Å². The summed E-state index contributed by atoms with van der Waals surface area (Å²) in [5, 5.41) is 25.8. The van der Waals surface area contributed by atoms with Crippen molar-refractivity contribution < 1.29 is 37.2 Å². The van der Waals surface area contributed by atoms with Crippen LogP contribution in [-0.4, -0.2) is 66.9 Å². The van der Waals surface area contributed by atoms with Crippen LogP contribution in [0.5, 0.6) is 0 Å². The first-order chi connectivity index (χ1) is 6.89. The molecule has 0 aliphatic carbocycles.